The van der Waals surface area contributed by atoms with Gasteiger partial charge in [-0.3, -0.25) is 24.1 Å². The minimum absolute atomic E-state index is 0. The number of fused-ring (bicyclic) bond motifs is 3. The SMILES string of the molecule is CCCCNCC(=O)Nc1c(Cl)cc2c(c1O)C(=O)C1=C(O)[C@]3(O)C(=O)C(C(N)=O)=C(O)[C@@H](N(C)C)C3CC1C2.Cl.Cl. The Hall–Kier alpha value is -2.87. The average Bonchev–Trinajstić information content (AvgIpc) is 2.86. The number of allylic oxidation sites excluding steroid dienone is 1. The van der Waals surface area contributed by atoms with Crippen molar-refractivity contribution in [3.8, 4) is 5.75 Å². The van der Waals surface area contributed by atoms with Crippen molar-refractivity contribution in [1.82, 2.24) is 10.2 Å². The molecular weight excluding hydrogens is 615 g/mol. The number of phenols is 1. The Bertz CT molecular complexity index is 1380. The fraction of sp³-hybridized carbons (Fsp3) is 0.481. The van der Waals surface area contributed by atoms with Crippen LogP contribution < -0.4 is 16.4 Å². The fourth-order valence-electron chi connectivity index (χ4n) is 6.08. The Kier molecular flexibility index (Phi) is 11.1. The lowest BCUT2D eigenvalue weighted by molar-refractivity contribution is -0.148. The number of ketones is 2. The molecular formula is C27H35Cl3N4O8. The topological polar surface area (TPSA) is 203 Å². The monoisotopic (exact) mass is 648 g/mol. The number of benzene rings is 1. The molecule has 0 saturated carbocycles. The van der Waals surface area contributed by atoms with E-state index in [1.165, 1.54) is 11.0 Å². The number of phenolic OH excluding ortho intramolecular Hbond substituents is 1. The lowest BCUT2D eigenvalue weighted by Gasteiger charge is -2.50. The van der Waals surface area contributed by atoms with E-state index in [0.29, 0.717) is 12.1 Å². The second kappa shape index (κ2) is 13.2. The molecule has 1 aromatic carbocycles. The number of hydrogen-bond acceptors (Lipinski definition) is 10. The van der Waals surface area contributed by atoms with Crippen molar-refractivity contribution in [1.29, 1.82) is 0 Å². The number of nitrogens with two attached hydrogens (primary N) is 1. The largest absolute Gasteiger partial charge is 0.510 e. The summed E-state index contributed by atoms with van der Waals surface area (Å²) < 4.78 is 0. The van der Waals surface area contributed by atoms with Gasteiger partial charge in [-0.15, -0.1) is 24.8 Å². The number of aromatic hydroxyl groups is 1. The number of aliphatic hydroxyl groups excluding tert-OH is 2. The van der Waals surface area contributed by atoms with E-state index in [2.05, 4.69) is 10.6 Å². The molecule has 8 N–H and O–H groups in total. The third-order valence-corrected chi connectivity index (χ3v) is 8.22. The summed E-state index contributed by atoms with van der Waals surface area (Å²) in [6, 6.07) is 0.368. The van der Waals surface area contributed by atoms with E-state index in [0.717, 1.165) is 12.8 Å². The van der Waals surface area contributed by atoms with Crippen LogP contribution in [0.25, 0.3) is 0 Å². The number of carbonyl (C=O) groups excluding carboxylic acids is 4. The Labute approximate surface area is 259 Å². The predicted octanol–water partition coefficient (Wildman–Crippen LogP) is 1.95. The van der Waals surface area contributed by atoms with Gasteiger partial charge in [-0.05, 0) is 57.5 Å². The second-order valence-electron chi connectivity index (χ2n) is 10.7. The van der Waals surface area contributed by atoms with Gasteiger partial charge in [0.2, 0.25) is 11.7 Å². The number of carbonyl (C=O) groups is 4. The number of rotatable bonds is 8. The van der Waals surface area contributed by atoms with Gasteiger partial charge < -0.3 is 36.8 Å². The molecule has 4 atom stereocenters. The third-order valence-electron chi connectivity index (χ3n) is 7.92. The zero-order chi connectivity index (χ0) is 29.7. The molecule has 0 fully saturated rings. The average molecular weight is 650 g/mol. The first kappa shape index (κ1) is 35.3. The summed E-state index contributed by atoms with van der Waals surface area (Å²) in [6.07, 6.45) is 1.87. The molecule has 2 unspecified atom stereocenters. The Morgan fingerprint density at radius 3 is 2.40 bits per heavy atom. The van der Waals surface area contributed by atoms with E-state index >= 15 is 0 Å². The number of hydrogen-bond donors (Lipinski definition) is 7. The Morgan fingerprint density at radius 1 is 1.19 bits per heavy atom. The van der Waals surface area contributed by atoms with Gasteiger partial charge in [0.25, 0.3) is 5.91 Å². The quantitative estimate of drug-likeness (QED) is 0.124. The number of anilines is 1. The van der Waals surface area contributed by atoms with Crippen LogP contribution in [0.3, 0.4) is 0 Å². The number of primary amides is 1. The summed E-state index contributed by atoms with van der Waals surface area (Å²) >= 11 is 6.39. The molecule has 4 rings (SSSR count). The third kappa shape index (κ3) is 5.59. The van der Waals surface area contributed by atoms with Crippen molar-refractivity contribution in [2.24, 2.45) is 17.6 Å². The van der Waals surface area contributed by atoms with Crippen LogP contribution in [-0.4, -0.2) is 87.5 Å². The highest BCUT2D eigenvalue weighted by atomic mass is 35.5. The van der Waals surface area contributed by atoms with Gasteiger partial charge in [-0.2, -0.15) is 0 Å². The van der Waals surface area contributed by atoms with Crippen LogP contribution in [0.4, 0.5) is 5.69 Å². The Balaban J connectivity index is 0.00000308. The molecule has 0 aromatic heterocycles. The van der Waals surface area contributed by atoms with Crippen LogP contribution in [0, 0.1) is 11.8 Å². The van der Waals surface area contributed by atoms with Gasteiger partial charge >= 0.3 is 0 Å². The van der Waals surface area contributed by atoms with Crippen LogP contribution in [0.15, 0.2) is 28.7 Å². The molecule has 0 bridgehead atoms. The molecule has 0 spiro atoms. The second-order valence-corrected chi connectivity index (χ2v) is 11.1. The van der Waals surface area contributed by atoms with E-state index in [1.54, 1.807) is 14.1 Å². The summed E-state index contributed by atoms with van der Waals surface area (Å²) in [6.45, 7) is 2.57. The van der Waals surface area contributed by atoms with E-state index in [-0.39, 0.29) is 66.0 Å². The van der Waals surface area contributed by atoms with Gasteiger partial charge in [0.1, 0.15) is 22.8 Å². The molecule has 15 heteroatoms. The summed E-state index contributed by atoms with van der Waals surface area (Å²) in [5.41, 5.74) is 1.36. The standard InChI is InChI=1S/C27H33ClN4O8.2ClH/c1-4-5-6-30-10-15(33)31-19-14(28)9-12-7-11-8-13-20(32(2)3)23(36)18(26(29)39)25(38)27(13,40)24(37)17(11)21(34)16(12)22(19)35;;/h9,11,13,20,30,35-37,40H,4-8,10H2,1-3H3,(H2,29,39)(H,31,33);2*1H/t11?,13?,20-,27-;;/m0../s1. The molecule has 3 aliphatic rings. The van der Waals surface area contributed by atoms with Crippen molar-refractivity contribution in [2.75, 3.05) is 32.5 Å². The normalized spacial score (nSPS) is 24.8. The van der Waals surface area contributed by atoms with Gasteiger partial charge in [0, 0.05) is 11.5 Å². The van der Waals surface area contributed by atoms with Crippen LogP contribution in [0.2, 0.25) is 5.02 Å². The van der Waals surface area contributed by atoms with E-state index < -0.39 is 69.7 Å². The van der Waals surface area contributed by atoms with E-state index in [1.807, 2.05) is 6.92 Å². The molecule has 42 heavy (non-hydrogen) atoms. The summed E-state index contributed by atoms with van der Waals surface area (Å²) in [4.78, 5) is 53.1. The van der Waals surface area contributed by atoms with Crippen molar-refractivity contribution in [3.63, 3.8) is 0 Å². The van der Waals surface area contributed by atoms with Gasteiger partial charge in [0.15, 0.2) is 17.1 Å². The number of aliphatic hydroxyl groups is 3. The molecule has 3 aliphatic carbocycles. The molecule has 0 aliphatic heterocycles. The fourth-order valence-corrected chi connectivity index (χ4v) is 6.35. The first-order valence-electron chi connectivity index (χ1n) is 13.0. The van der Waals surface area contributed by atoms with Crippen molar-refractivity contribution in [3.05, 3.63) is 44.9 Å². The first-order valence-corrected chi connectivity index (χ1v) is 13.3. The van der Waals surface area contributed by atoms with Crippen LogP contribution in [-0.2, 0) is 20.8 Å². The molecule has 1 aromatic rings. The summed E-state index contributed by atoms with van der Waals surface area (Å²) in [5.74, 6) is -8.03. The number of amides is 2. The molecule has 12 nitrogen and oxygen atoms in total. The van der Waals surface area contributed by atoms with Gasteiger partial charge in [-0.1, -0.05) is 24.9 Å². The number of nitrogens with one attached hydrogen (secondary N) is 2. The number of nitrogens with zero attached hydrogens (tertiary/aromatic N) is 1. The number of unbranched alkanes of at least 4 members (excludes halogenated alkanes) is 1. The smallest absolute Gasteiger partial charge is 0.255 e. The maximum absolute atomic E-state index is 13.8. The maximum atomic E-state index is 13.8. The van der Waals surface area contributed by atoms with E-state index in [4.69, 9.17) is 17.3 Å². The number of halogens is 3. The molecule has 0 heterocycles. The summed E-state index contributed by atoms with van der Waals surface area (Å²) in [7, 11) is 3.11. The first-order chi connectivity index (χ1) is 18.8. The van der Waals surface area contributed by atoms with Crippen molar-refractivity contribution >= 4 is 65.5 Å². The summed E-state index contributed by atoms with van der Waals surface area (Å²) in [5, 5.41) is 50.3. The molecule has 0 radical (unpaired) electrons. The zero-order valence-electron chi connectivity index (χ0n) is 23.2. The predicted molar refractivity (Wildman–Crippen MR) is 160 cm³/mol. The highest BCUT2D eigenvalue weighted by molar-refractivity contribution is 6.35. The minimum Gasteiger partial charge on any atom is -0.510 e. The molecule has 0 saturated heterocycles. The zero-order valence-corrected chi connectivity index (χ0v) is 25.6. The highest BCUT2D eigenvalue weighted by Gasteiger charge is 2.63. The maximum Gasteiger partial charge on any atom is 0.255 e. The van der Waals surface area contributed by atoms with Gasteiger partial charge in [0.05, 0.1) is 23.2 Å². The minimum atomic E-state index is -2.73. The van der Waals surface area contributed by atoms with E-state index in [9.17, 15) is 39.6 Å². The molecule has 2 amide bonds. The number of Topliss-reactive ketones (excluding diaryl/α,β-unsaturated/α-hetero) is 2. The van der Waals surface area contributed by atoms with Crippen molar-refractivity contribution in [2.45, 2.75) is 44.2 Å². The molecule has 232 valence electrons. The van der Waals surface area contributed by atoms with Crippen LogP contribution in [0.5, 0.6) is 5.75 Å². The lowest BCUT2D eigenvalue weighted by Crippen LogP contribution is -2.63. The number of likely N-dealkylation sites (N-methyl/N-ethyl adjacent to an activating group) is 1. The van der Waals surface area contributed by atoms with Crippen LogP contribution >= 0.6 is 36.4 Å². The van der Waals surface area contributed by atoms with Gasteiger partial charge in [-0.25, -0.2) is 0 Å². The lowest BCUT2D eigenvalue weighted by atomic mass is 9.58. The highest BCUT2D eigenvalue weighted by Crippen LogP contribution is 2.53. The van der Waals surface area contributed by atoms with Crippen LogP contribution in [0.1, 0.15) is 42.1 Å². The Morgan fingerprint density at radius 2 is 1.83 bits per heavy atom. The van der Waals surface area contributed by atoms with Crippen molar-refractivity contribution < 1.29 is 39.6 Å².